The summed E-state index contributed by atoms with van der Waals surface area (Å²) in [5, 5.41) is 9.89. The maximum Gasteiger partial charge on any atom is 0.422 e. The largest absolute Gasteiger partial charge is 0.508 e. The molecule has 0 saturated carbocycles. The first kappa shape index (κ1) is 38.6. The van der Waals surface area contributed by atoms with Crippen molar-refractivity contribution in [2.45, 2.75) is 104 Å². The number of rotatable bonds is 4. The minimum Gasteiger partial charge on any atom is -0.508 e. The van der Waals surface area contributed by atoms with E-state index in [-0.39, 0.29) is 31.3 Å². The maximum absolute atomic E-state index is 12.4. The number of para-hydroxylation sites is 2. The zero-order valence-corrected chi connectivity index (χ0v) is 27.2. The number of benzene rings is 2. The first-order chi connectivity index (χ1) is 20.9. The molecule has 2 amide bonds. The summed E-state index contributed by atoms with van der Waals surface area (Å²) in [6, 6.07) is 14.2. The fourth-order valence-corrected chi connectivity index (χ4v) is 5.34. The predicted octanol–water partition coefficient (Wildman–Crippen LogP) is 8.89. The summed E-state index contributed by atoms with van der Waals surface area (Å²) >= 11 is 0. The van der Waals surface area contributed by atoms with Crippen molar-refractivity contribution in [2.24, 2.45) is 0 Å². The number of phenols is 1. The minimum absolute atomic E-state index is 0. The standard InChI is InChI=1S/C18H24F3NO3.C16H23NO3.CH4/c1-17(2,3)25-16(23)22-10-8-13(9-11-22)14-6-4-5-7-15(14)24-12-18(19,20)21;1-16(2,3)20-15(19)17-10-8-12(9-11-17)13-6-4-5-7-14(13)18;/h4-7,13H,8-12H2,1-3H3;4-7,12,18H,8-11H2,1-3H3;1H4. The fraction of sp³-hybridized carbons (Fsp3) is 0.600. The van der Waals surface area contributed by atoms with Crippen LogP contribution in [0.1, 0.15) is 97.6 Å². The van der Waals surface area contributed by atoms with Crippen LogP contribution in [0.4, 0.5) is 22.8 Å². The molecule has 0 radical (unpaired) electrons. The van der Waals surface area contributed by atoms with Crippen LogP contribution in [-0.2, 0) is 9.47 Å². The number of hydrogen-bond acceptors (Lipinski definition) is 6. The number of ether oxygens (including phenoxy) is 3. The first-order valence-corrected chi connectivity index (χ1v) is 15.4. The van der Waals surface area contributed by atoms with Gasteiger partial charge in [0.15, 0.2) is 6.61 Å². The lowest BCUT2D eigenvalue weighted by Gasteiger charge is -2.34. The Bertz CT molecular complexity index is 1260. The van der Waals surface area contributed by atoms with E-state index in [1.807, 2.05) is 59.7 Å². The zero-order chi connectivity index (χ0) is 33.4. The number of alkyl halides is 3. The average Bonchev–Trinajstić information content (AvgIpc) is 2.95. The molecule has 2 aliphatic heterocycles. The average molecular weight is 653 g/mol. The molecule has 46 heavy (non-hydrogen) atoms. The molecule has 0 spiro atoms. The highest BCUT2D eigenvalue weighted by molar-refractivity contribution is 5.68. The van der Waals surface area contributed by atoms with Crippen LogP contribution >= 0.6 is 0 Å². The van der Waals surface area contributed by atoms with Gasteiger partial charge in [-0.05, 0) is 102 Å². The molecule has 0 atom stereocenters. The Kier molecular flexibility index (Phi) is 13.6. The van der Waals surface area contributed by atoms with Gasteiger partial charge in [0.2, 0.25) is 0 Å². The van der Waals surface area contributed by atoms with Crippen LogP contribution < -0.4 is 4.74 Å². The molecule has 2 fully saturated rings. The third kappa shape index (κ3) is 12.6. The van der Waals surface area contributed by atoms with Crippen LogP contribution in [0, 0.1) is 0 Å². The van der Waals surface area contributed by atoms with Crippen molar-refractivity contribution in [3.05, 3.63) is 59.7 Å². The molecule has 0 aromatic heterocycles. The molecular weight excluding hydrogens is 601 g/mol. The second-order valence-corrected chi connectivity index (χ2v) is 13.5. The summed E-state index contributed by atoms with van der Waals surface area (Å²) in [4.78, 5) is 27.5. The van der Waals surface area contributed by atoms with Crippen molar-refractivity contribution >= 4 is 12.2 Å². The van der Waals surface area contributed by atoms with Gasteiger partial charge in [0.25, 0.3) is 0 Å². The van der Waals surface area contributed by atoms with E-state index in [4.69, 9.17) is 14.2 Å². The van der Waals surface area contributed by atoms with Crippen LogP contribution in [0.3, 0.4) is 0 Å². The van der Waals surface area contributed by atoms with Gasteiger partial charge in [0, 0.05) is 26.2 Å². The van der Waals surface area contributed by atoms with Gasteiger partial charge in [-0.1, -0.05) is 43.8 Å². The molecule has 0 unspecified atom stereocenters. The smallest absolute Gasteiger partial charge is 0.422 e. The van der Waals surface area contributed by atoms with Crippen LogP contribution in [0.5, 0.6) is 11.5 Å². The number of amides is 2. The Morgan fingerprint density at radius 2 is 1.11 bits per heavy atom. The van der Waals surface area contributed by atoms with Crippen LogP contribution in [-0.4, -0.2) is 77.3 Å². The zero-order valence-electron chi connectivity index (χ0n) is 27.2. The van der Waals surface area contributed by atoms with Crippen molar-refractivity contribution in [1.29, 1.82) is 0 Å². The van der Waals surface area contributed by atoms with E-state index in [9.17, 15) is 27.9 Å². The van der Waals surface area contributed by atoms with Crippen molar-refractivity contribution in [2.75, 3.05) is 32.8 Å². The highest BCUT2D eigenvalue weighted by Gasteiger charge is 2.32. The summed E-state index contributed by atoms with van der Waals surface area (Å²) in [7, 11) is 0. The van der Waals surface area contributed by atoms with E-state index in [1.165, 1.54) is 0 Å². The van der Waals surface area contributed by atoms with E-state index in [0.717, 1.165) is 24.0 Å². The van der Waals surface area contributed by atoms with Gasteiger partial charge in [-0.2, -0.15) is 13.2 Å². The molecule has 11 heteroatoms. The Morgan fingerprint density at radius 1 is 0.717 bits per heavy atom. The summed E-state index contributed by atoms with van der Waals surface area (Å²) in [6.07, 6.45) is -1.93. The molecule has 258 valence electrons. The van der Waals surface area contributed by atoms with E-state index >= 15 is 0 Å². The molecule has 0 bridgehead atoms. The number of halogens is 3. The molecule has 2 aliphatic rings. The topological polar surface area (TPSA) is 88.5 Å². The van der Waals surface area contributed by atoms with E-state index in [1.54, 1.807) is 40.1 Å². The SMILES string of the molecule is C.CC(C)(C)OC(=O)N1CCC(c2ccccc2O)CC1.CC(C)(C)OC(=O)N1CCC(c2ccccc2OCC(F)(F)F)CC1. The lowest BCUT2D eigenvalue weighted by molar-refractivity contribution is -0.153. The Hall–Kier alpha value is -3.63. The third-order valence-electron chi connectivity index (χ3n) is 7.42. The number of phenolic OH excluding ortho intramolecular Hbond substituents is 1. The number of piperidine rings is 2. The van der Waals surface area contributed by atoms with Crippen molar-refractivity contribution < 1.29 is 42.1 Å². The van der Waals surface area contributed by atoms with Gasteiger partial charge < -0.3 is 29.1 Å². The molecule has 4 rings (SSSR count). The van der Waals surface area contributed by atoms with Gasteiger partial charge >= 0.3 is 18.4 Å². The van der Waals surface area contributed by atoms with Gasteiger partial charge in [0.1, 0.15) is 22.7 Å². The van der Waals surface area contributed by atoms with Crippen LogP contribution in [0.2, 0.25) is 0 Å². The predicted molar refractivity (Wildman–Crippen MR) is 172 cm³/mol. The lowest BCUT2D eigenvalue weighted by atomic mass is 9.89. The van der Waals surface area contributed by atoms with Crippen molar-refractivity contribution in [1.82, 2.24) is 9.80 Å². The summed E-state index contributed by atoms with van der Waals surface area (Å²) in [5.74, 6) is 0.983. The minimum atomic E-state index is -4.37. The summed E-state index contributed by atoms with van der Waals surface area (Å²) in [5.41, 5.74) is 0.740. The summed E-state index contributed by atoms with van der Waals surface area (Å²) in [6.45, 7) is 12.1. The molecule has 2 saturated heterocycles. The third-order valence-corrected chi connectivity index (χ3v) is 7.42. The quantitative estimate of drug-likeness (QED) is 0.355. The molecule has 0 aliphatic carbocycles. The van der Waals surface area contributed by atoms with Gasteiger partial charge in [-0.25, -0.2) is 9.59 Å². The van der Waals surface area contributed by atoms with Gasteiger partial charge in [0.05, 0.1) is 0 Å². The van der Waals surface area contributed by atoms with E-state index < -0.39 is 24.0 Å². The second-order valence-electron chi connectivity index (χ2n) is 13.5. The monoisotopic (exact) mass is 652 g/mol. The van der Waals surface area contributed by atoms with Crippen molar-refractivity contribution in [3.63, 3.8) is 0 Å². The maximum atomic E-state index is 12.4. The highest BCUT2D eigenvalue weighted by Crippen LogP contribution is 2.36. The fourth-order valence-electron chi connectivity index (χ4n) is 5.34. The van der Waals surface area contributed by atoms with Gasteiger partial charge in [-0.3, -0.25) is 0 Å². The molecule has 2 aromatic carbocycles. The lowest BCUT2D eigenvalue weighted by Crippen LogP contribution is -2.41. The van der Waals surface area contributed by atoms with Crippen LogP contribution in [0.25, 0.3) is 0 Å². The van der Waals surface area contributed by atoms with E-state index in [0.29, 0.717) is 50.7 Å². The second kappa shape index (κ2) is 16.3. The normalized spacial score (nSPS) is 16.5. The number of nitrogens with zero attached hydrogens (tertiary/aromatic N) is 2. The van der Waals surface area contributed by atoms with Crippen LogP contribution in [0.15, 0.2) is 48.5 Å². The Balaban J connectivity index is 0.000000321. The molecule has 2 heterocycles. The number of carbonyl (C=O) groups is 2. The van der Waals surface area contributed by atoms with E-state index in [2.05, 4.69) is 0 Å². The number of aromatic hydroxyl groups is 1. The highest BCUT2D eigenvalue weighted by atomic mass is 19.4. The molecule has 1 N–H and O–H groups in total. The number of carbonyl (C=O) groups excluding carboxylic acids is 2. The molecule has 2 aromatic rings. The Labute approximate surface area is 271 Å². The molecular formula is C35H51F3N2O6. The number of likely N-dealkylation sites (tertiary alicyclic amines) is 2. The number of hydrogen-bond donors (Lipinski definition) is 1. The van der Waals surface area contributed by atoms with Crippen molar-refractivity contribution in [3.8, 4) is 11.5 Å². The van der Waals surface area contributed by atoms with Gasteiger partial charge in [-0.15, -0.1) is 0 Å². The first-order valence-electron chi connectivity index (χ1n) is 15.4. The molecule has 8 nitrogen and oxygen atoms in total. The Morgan fingerprint density at radius 3 is 1.52 bits per heavy atom. The summed E-state index contributed by atoms with van der Waals surface area (Å²) < 4.78 is 52.9.